The minimum atomic E-state index is -0.347. The molecule has 0 bridgehead atoms. The van der Waals surface area contributed by atoms with E-state index in [2.05, 4.69) is 29.2 Å². The van der Waals surface area contributed by atoms with Crippen LogP contribution in [0.3, 0.4) is 0 Å². The number of allylic oxidation sites excluding steroid dienone is 2. The fraction of sp³-hybridized carbons (Fsp3) is 0.185. The van der Waals surface area contributed by atoms with Crippen molar-refractivity contribution in [3.05, 3.63) is 113 Å². The minimum Gasteiger partial charge on any atom is -0.378 e. The van der Waals surface area contributed by atoms with Crippen LogP contribution in [0.1, 0.15) is 38.6 Å². The number of hydrogen-bond acceptors (Lipinski definition) is 4. The smallest absolute Gasteiger partial charge is 0.199 e. The van der Waals surface area contributed by atoms with E-state index in [1.54, 1.807) is 0 Å². The van der Waals surface area contributed by atoms with Gasteiger partial charge in [0.15, 0.2) is 11.6 Å². The van der Waals surface area contributed by atoms with E-state index in [1.807, 2.05) is 80.8 Å². The third-order valence-electron chi connectivity index (χ3n) is 5.59. The molecule has 4 rings (SSSR count). The highest BCUT2D eigenvalue weighted by atomic mass is 32.2. The summed E-state index contributed by atoms with van der Waals surface area (Å²) >= 11 is 1.40. The Balaban J connectivity index is 1.68. The minimum absolute atomic E-state index is 0.0150. The average Bonchev–Trinajstić information content (AvgIpc) is 2.84. The Kier molecular flexibility index (Phi) is 6.38. The molecule has 0 spiro atoms. The molecule has 0 saturated carbocycles. The molecule has 0 N–H and O–H groups in total. The molecule has 31 heavy (non-hydrogen) atoms. The number of carbonyl (C=O) groups is 2. The van der Waals surface area contributed by atoms with E-state index < -0.39 is 0 Å². The first kappa shape index (κ1) is 21.1. The summed E-state index contributed by atoms with van der Waals surface area (Å²) in [6.45, 7) is 0. The number of nitrogens with zero attached hydrogens (tertiary/aromatic N) is 1. The zero-order chi connectivity index (χ0) is 21.8. The molecule has 4 heteroatoms. The van der Waals surface area contributed by atoms with Crippen LogP contribution < -0.4 is 4.90 Å². The summed E-state index contributed by atoms with van der Waals surface area (Å²) in [7, 11) is 4.02. The first-order valence-electron chi connectivity index (χ1n) is 10.4. The van der Waals surface area contributed by atoms with Crippen molar-refractivity contribution in [1.29, 1.82) is 0 Å². The highest BCUT2D eigenvalue weighted by molar-refractivity contribution is 8.05. The Bertz CT molecular complexity index is 1090. The van der Waals surface area contributed by atoms with E-state index in [1.165, 1.54) is 11.8 Å². The van der Waals surface area contributed by atoms with Crippen molar-refractivity contribution in [1.82, 2.24) is 0 Å². The molecule has 1 heterocycles. The first-order valence-corrected chi connectivity index (χ1v) is 11.3. The molecule has 156 valence electrons. The van der Waals surface area contributed by atoms with Crippen molar-refractivity contribution in [2.75, 3.05) is 19.0 Å². The molecule has 0 aromatic heterocycles. The van der Waals surface area contributed by atoms with Gasteiger partial charge in [-0.1, -0.05) is 78.9 Å². The van der Waals surface area contributed by atoms with Crippen LogP contribution in [-0.2, 0) is 0 Å². The summed E-state index contributed by atoms with van der Waals surface area (Å²) in [6, 6.07) is 27.0. The number of hydrogen-bond donors (Lipinski definition) is 0. The molecule has 0 saturated heterocycles. The second-order valence-corrected chi connectivity index (χ2v) is 9.04. The van der Waals surface area contributed by atoms with Gasteiger partial charge >= 0.3 is 0 Å². The van der Waals surface area contributed by atoms with Gasteiger partial charge < -0.3 is 4.90 Å². The maximum atomic E-state index is 13.5. The van der Waals surface area contributed by atoms with Gasteiger partial charge in [0.05, 0.1) is 10.2 Å². The van der Waals surface area contributed by atoms with Gasteiger partial charge in [-0.3, -0.25) is 9.59 Å². The van der Waals surface area contributed by atoms with E-state index in [0.717, 1.165) is 11.3 Å². The summed E-state index contributed by atoms with van der Waals surface area (Å²) < 4.78 is 0. The molecular weight excluding hydrogens is 402 g/mol. The van der Waals surface area contributed by atoms with E-state index >= 15 is 0 Å². The Labute approximate surface area is 187 Å². The molecule has 0 unspecified atom stereocenters. The van der Waals surface area contributed by atoms with Crippen LogP contribution in [0.25, 0.3) is 0 Å². The predicted molar refractivity (Wildman–Crippen MR) is 129 cm³/mol. The van der Waals surface area contributed by atoms with Gasteiger partial charge in [0.2, 0.25) is 0 Å². The van der Waals surface area contributed by atoms with E-state index in [0.29, 0.717) is 22.5 Å². The quantitative estimate of drug-likeness (QED) is 0.453. The third kappa shape index (κ3) is 4.64. The van der Waals surface area contributed by atoms with Gasteiger partial charge in [-0.05, 0) is 24.1 Å². The van der Waals surface area contributed by atoms with Crippen LogP contribution in [0.4, 0.5) is 5.69 Å². The Morgan fingerprint density at radius 2 is 1.39 bits per heavy atom. The zero-order valence-electron chi connectivity index (χ0n) is 17.7. The Morgan fingerprint density at radius 3 is 1.97 bits per heavy atom. The average molecular weight is 428 g/mol. The van der Waals surface area contributed by atoms with Crippen LogP contribution >= 0.6 is 11.8 Å². The molecule has 1 aliphatic rings. The zero-order valence-corrected chi connectivity index (χ0v) is 18.5. The number of anilines is 1. The Morgan fingerprint density at radius 1 is 0.806 bits per heavy atom. The number of benzene rings is 3. The van der Waals surface area contributed by atoms with E-state index in [-0.39, 0.29) is 22.7 Å². The highest BCUT2D eigenvalue weighted by Gasteiger charge is 2.35. The van der Waals surface area contributed by atoms with Gasteiger partial charge in [-0.15, -0.1) is 11.8 Å². The van der Waals surface area contributed by atoms with Crippen LogP contribution in [-0.4, -0.2) is 30.9 Å². The van der Waals surface area contributed by atoms with Crippen molar-refractivity contribution in [2.45, 2.75) is 17.6 Å². The topological polar surface area (TPSA) is 37.4 Å². The summed E-state index contributed by atoms with van der Waals surface area (Å²) in [5, 5.41) is -0.347. The van der Waals surface area contributed by atoms with Crippen molar-refractivity contribution in [3.8, 4) is 0 Å². The van der Waals surface area contributed by atoms with Gasteiger partial charge in [-0.2, -0.15) is 0 Å². The second-order valence-electron chi connectivity index (χ2n) is 7.86. The maximum absolute atomic E-state index is 13.5. The molecule has 3 aromatic carbocycles. The maximum Gasteiger partial charge on any atom is 0.199 e. The molecule has 2 atom stereocenters. The van der Waals surface area contributed by atoms with Gasteiger partial charge in [0.25, 0.3) is 0 Å². The Hall–Kier alpha value is -3.11. The third-order valence-corrected chi connectivity index (χ3v) is 6.99. The number of ketones is 2. The number of Topliss-reactive ketones (excluding diaryl/α,β-unsaturated/α-hetero) is 2. The van der Waals surface area contributed by atoms with Crippen molar-refractivity contribution < 1.29 is 9.59 Å². The van der Waals surface area contributed by atoms with Crippen molar-refractivity contribution >= 4 is 29.0 Å². The molecule has 0 amide bonds. The number of rotatable bonds is 6. The monoisotopic (exact) mass is 427 g/mol. The van der Waals surface area contributed by atoms with Gasteiger partial charge in [0, 0.05) is 36.8 Å². The standard InChI is InChI=1S/C27H25NO2S/c1-28(2)22-15-13-19(14-16-22)23-17-18-24(25(29)20-9-5-3-6-10-20)31-27(23)26(30)21-11-7-4-8-12-21/h3-16,18,23,27H,17H2,1-2H3/t23-,27+/m0/s1. The summed E-state index contributed by atoms with van der Waals surface area (Å²) in [6.07, 6.45) is 2.66. The molecule has 1 aliphatic heterocycles. The molecule has 0 aliphatic carbocycles. The number of thioether (sulfide) groups is 1. The second kappa shape index (κ2) is 9.36. The SMILES string of the molecule is CN(C)c1ccc([C@@H]2CC=C(C(=O)c3ccccc3)S[C@H]2C(=O)c2ccccc2)cc1. The van der Waals surface area contributed by atoms with Crippen LogP contribution in [0.15, 0.2) is 95.9 Å². The number of carbonyl (C=O) groups excluding carboxylic acids is 2. The lowest BCUT2D eigenvalue weighted by molar-refractivity contribution is 0.0980. The molecule has 3 nitrogen and oxygen atoms in total. The van der Waals surface area contributed by atoms with E-state index in [9.17, 15) is 9.59 Å². The lowest BCUT2D eigenvalue weighted by Crippen LogP contribution is -2.29. The molecule has 3 aromatic rings. The first-order chi connectivity index (χ1) is 15.0. The molecule has 0 fully saturated rings. The van der Waals surface area contributed by atoms with Crippen LogP contribution in [0.5, 0.6) is 0 Å². The van der Waals surface area contributed by atoms with Crippen LogP contribution in [0.2, 0.25) is 0 Å². The van der Waals surface area contributed by atoms with Gasteiger partial charge in [-0.25, -0.2) is 0 Å². The fourth-order valence-electron chi connectivity index (χ4n) is 3.84. The lowest BCUT2D eigenvalue weighted by atomic mass is 9.87. The molecular formula is C27H25NO2S. The van der Waals surface area contributed by atoms with Crippen molar-refractivity contribution in [2.24, 2.45) is 0 Å². The van der Waals surface area contributed by atoms with E-state index in [4.69, 9.17) is 0 Å². The van der Waals surface area contributed by atoms with Gasteiger partial charge in [0.1, 0.15) is 0 Å². The predicted octanol–water partition coefficient (Wildman–Crippen LogP) is 5.99. The lowest BCUT2D eigenvalue weighted by Gasteiger charge is -2.30. The summed E-state index contributed by atoms with van der Waals surface area (Å²) in [5.41, 5.74) is 3.58. The van der Waals surface area contributed by atoms with Crippen molar-refractivity contribution in [3.63, 3.8) is 0 Å². The highest BCUT2D eigenvalue weighted by Crippen LogP contribution is 2.43. The molecule has 0 radical (unpaired) electrons. The summed E-state index contributed by atoms with van der Waals surface area (Å²) in [4.78, 5) is 29.3. The normalized spacial score (nSPS) is 18.2. The van der Waals surface area contributed by atoms with Crippen LogP contribution in [0, 0.1) is 0 Å². The largest absolute Gasteiger partial charge is 0.378 e. The summed E-state index contributed by atoms with van der Waals surface area (Å²) in [5.74, 6) is 0.0675. The fourth-order valence-corrected chi connectivity index (χ4v) is 5.20.